The maximum Gasteiger partial charge on any atom is 0.317 e. The molecule has 2 amide bonds. The maximum atomic E-state index is 12.3. The number of methoxy groups -OCH3 is 1. The summed E-state index contributed by atoms with van der Waals surface area (Å²) in [6, 6.07) is 11.5. The SMILES string of the molecule is COc1ccc(CCNC(=O)N2CC[C@@H](Oc3ccncc3)C2)cc1. The number of likely N-dealkylation sites (tertiary alicyclic amines) is 1. The minimum atomic E-state index is -0.0330. The van der Waals surface area contributed by atoms with Crippen LogP contribution in [-0.4, -0.2) is 48.8 Å². The summed E-state index contributed by atoms with van der Waals surface area (Å²) in [6.45, 7) is 1.93. The standard InChI is InChI=1S/C19H23N3O3/c1-24-16-4-2-15(3-5-16)6-12-21-19(23)22-13-9-18(14-22)25-17-7-10-20-11-8-17/h2-5,7-8,10-11,18H,6,9,12-14H2,1H3,(H,21,23)/t18-/m1/s1. The Morgan fingerprint density at radius 2 is 1.96 bits per heavy atom. The Balaban J connectivity index is 1.40. The molecule has 1 aliphatic rings. The van der Waals surface area contributed by atoms with Gasteiger partial charge < -0.3 is 19.7 Å². The predicted molar refractivity (Wildman–Crippen MR) is 94.9 cm³/mol. The van der Waals surface area contributed by atoms with Gasteiger partial charge in [0, 0.05) is 31.9 Å². The lowest BCUT2D eigenvalue weighted by Gasteiger charge is -2.18. The second-order valence-corrected chi connectivity index (χ2v) is 5.99. The molecular formula is C19H23N3O3. The number of pyridine rings is 1. The highest BCUT2D eigenvalue weighted by molar-refractivity contribution is 5.74. The van der Waals surface area contributed by atoms with Crippen LogP contribution in [0.25, 0.3) is 0 Å². The van der Waals surface area contributed by atoms with Crippen LogP contribution in [0.5, 0.6) is 11.5 Å². The molecule has 6 nitrogen and oxygen atoms in total. The number of hydrogen-bond donors (Lipinski definition) is 1. The first-order valence-corrected chi connectivity index (χ1v) is 8.47. The van der Waals surface area contributed by atoms with E-state index < -0.39 is 0 Å². The van der Waals surface area contributed by atoms with Gasteiger partial charge in [-0.15, -0.1) is 0 Å². The van der Waals surface area contributed by atoms with Gasteiger partial charge >= 0.3 is 6.03 Å². The van der Waals surface area contributed by atoms with Crippen molar-refractivity contribution in [2.45, 2.75) is 18.9 Å². The number of amides is 2. The number of carbonyl (C=O) groups is 1. The van der Waals surface area contributed by atoms with E-state index in [0.29, 0.717) is 19.6 Å². The van der Waals surface area contributed by atoms with Gasteiger partial charge in [-0.05, 0) is 36.2 Å². The summed E-state index contributed by atoms with van der Waals surface area (Å²) < 4.78 is 11.0. The van der Waals surface area contributed by atoms with Crippen LogP contribution in [0, 0.1) is 0 Å². The van der Waals surface area contributed by atoms with Gasteiger partial charge in [0.05, 0.1) is 13.7 Å². The molecule has 0 unspecified atom stereocenters. The minimum Gasteiger partial charge on any atom is -0.497 e. The van der Waals surface area contributed by atoms with Crippen LogP contribution < -0.4 is 14.8 Å². The van der Waals surface area contributed by atoms with Crippen molar-refractivity contribution in [1.29, 1.82) is 0 Å². The van der Waals surface area contributed by atoms with E-state index >= 15 is 0 Å². The highest BCUT2D eigenvalue weighted by Crippen LogP contribution is 2.17. The summed E-state index contributed by atoms with van der Waals surface area (Å²) in [4.78, 5) is 18.0. The lowest BCUT2D eigenvalue weighted by molar-refractivity contribution is 0.187. The Labute approximate surface area is 147 Å². The molecule has 0 spiro atoms. The molecule has 2 aromatic rings. The fourth-order valence-electron chi connectivity index (χ4n) is 2.84. The highest BCUT2D eigenvalue weighted by Gasteiger charge is 2.27. The monoisotopic (exact) mass is 341 g/mol. The molecule has 1 fully saturated rings. The van der Waals surface area contributed by atoms with Gasteiger partial charge in [0.2, 0.25) is 0 Å². The topological polar surface area (TPSA) is 63.7 Å². The number of carbonyl (C=O) groups excluding carboxylic acids is 1. The van der Waals surface area contributed by atoms with Gasteiger partial charge in [-0.2, -0.15) is 0 Å². The van der Waals surface area contributed by atoms with Crippen molar-refractivity contribution >= 4 is 6.03 Å². The number of aromatic nitrogens is 1. The molecule has 132 valence electrons. The highest BCUT2D eigenvalue weighted by atomic mass is 16.5. The van der Waals surface area contributed by atoms with Gasteiger partial charge in [0.1, 0.15) is 17.6 Å². The molecule has 0 bridgehead atoms. The molecule has 1 saturated heterocycles. The fraction of sp³-hybridized carbons (Fsp3) is 0.368. The Morgan fingerprint density at radius 3 is 2.68 bits per heavy atom. The molecule has 0 saturated carbocycles. The number of urea groups is 1. The van der Waals surface area contributed by atoms with Crippen molar-refractivity contribution < 1.29 is 14.3 Å². The Bertz CT molecular complexity index is 676. The van der Waals surface area contributed by atoms with Crippen LogP contribution in [0.15, 0.2) is 48.8 Å². The largest absolute Gasteiger partial charge is 0.497 e. The molecular weight excluding hydrogens is 318 g/mol. The first-order chi connectivity index (χ1) is 12.2. The van der Waals surface area contributed by atoms with E-state index in [2.05, 4.69) is 10.3 Å². The molecule has 1 atom stereocenters. The summed E-state index contributed by atoms with van der Waals surface area (Å²) in [5, 5.41) is 2.98. The second kappa shape index (κ2) is 8.37. The van der Waals surface area contributed by atoms with Crippen LogP contribution >= 0.6 is 0 Å². The zero-order valence-electron chi connectivity index (χ0n) is 14.4. The lowest BCUT2D eigenvalue weighted by atomic mass is 10.1. The third-order valence-electron chi connectivity index (χ3n) is 4.23. The van der Waals surface area contributed by atoms with E-state index in [4.69, 9.17) is 9.47 Å². The van der Waals surface area contributed by atoms with Crippen molar-refractivity contribution in [3.8, 4) is 11.5 Å². The van der Waals surface area contributed by atoms with E-state index in [-0.39, 0.29) is 12.1 Å². The molecule has 2 heterocycles. The molecule has 3 rings (SSSR count). The van der Waals surface area contributed by atoms with Crippen LogP contribution in [0.4, 0.5) is 4.79 Å². The van der Waals surface area contributed by atoms with E-state index in [1.807, 2.05) is 36.4 Å². The maximum absolute atomic E-state index is 12.3. The quantitative estimate of drug-likeness (QED) is 0.877. The van der Waals surface area contributed by atoms with Crippen molar-refractivity contribution in [2.24, 2.45) is 0 Å². The third kappa shape index (κ3) is 4.86. The summed E-state index contributed by atoms with van der Waals surface area (Å²) in [5.41, 5.74) is 1.17. The van der Waals surface area contributed by atoms with Gasteiger partial charge in [-0.25, -0.2) is 4.79 Å². The summed E-state index contributed by atoms with van der Waals surface area (Å²) >= 11 is 0. The molecule has 25 heavy (non-hydrogen) atoms. The van der Waals surface area contributed by atoms with Gasteiger partial charge in [-0.1, -0.05) is 12.1 Å². The molecule has 6 heteroatoms. The van der Waals surface area contributed by atoms with Gasteiger partial charge in [0.25, 0.3) is 0 Å². The van der Waals surface area contributed by atoms with Crippen molar-refractivity contribution in [2.75, 3.05) is 26.7 Å². The average molecular weight is 341 g/mol. The summed E-state index contributed by atoms with van der Waals surface area (Å²) in [7, 11) is 1.65. The van der Waals surface area contributed by atoms with Crippen LogP contribution in [0.3, 0.4) is 0 Å². The summed E-state index contributed by atoms with van der Waals surface area (Å²) in [6.07, 6.45) is 5.08. The van der Waals surface area contributed by atoms with E-state index in [1.165, 1.54) is 5.56 Å². The van der Waals surface area contributed by atoms with E-state index in [1.54, 1.807) is 24.4 Å². The minimum absolute atomic E-state index is 0.0330. The fourth-order valence-corrected chi connectivity index (χ4v) is 2.84. The van der Waals surface area contributed by atoms with Crippen LogP contribution in [-0.2, 0) is 6.42 Å². The molecule has 1 aromatic heterocycles. The first-order valence-electron chi connectivity index (χ1n) is 8.47. The van der Waals surface area contributed by atoms with E-state index in [9.17, 15) is 4.79 Å². The Kier molecular flexibility index (Phi) is 5.72. The van der Waals surface area contributed by atoms with Gasteiger partial charge in [-0.3, -0.25) is 4.98 Å². The second-order valence-electron chi connectivity index (χ2n) is 5.99. The summed E-state index contributed by atoms with van der Waals surface area (Å²) in [5.74, 6) is 1.63. The number of hydrogen-bond acceptors (Lipinski definition) is 4. The Morgan fingerprint density at radius 1 is 1.20 bits per heavy atom. The molecule has 1 aliphatic heterocycles. The normalized spacial score (nSPS) is 16.5. The Hall–Kier alpha value is -2.76. The van der Waals surface area contributed by atoms with Crippen molar-refractivity contribution in [3.05, 3.63) is 54.4 Å². The number of ether oxygens (including phenoxy) is 2. The van der Waals surface area contributed by atoms with Crippen LogP contribution in [0.2, 0.25) is 0 Å². The molecule has 0 radical (unpaired) electrons. The number of benzene rings is 1. The zero-order valence-corrected chi connectivity index (χ0v) is 14.4. The zero-order chi connectivity index (χ0) is 17.5. The van der Waals surface area contributed by atoms with Crippen molar-refractivity contribution in [1.82, 2.24) is 15.2 Å². The number of nitrogens with one attached hydrogen (secondary N) is 1. The third-order valence-corrected chi connectivity index (χ3v) is 4.23. The van der Waals surface area contributed by atoms with E-state index in [0.717, 1.165) is 24.3 Å². The van der Waals surface area contributed by atoms with Crippen LogP contribution in [0.1, 0.15) is 12.0 Å². The average Bonchev–Trinajstić information content (AvgIpc) is 3.12. The number of rotatable bonds is 6. The lowest BCUT2D eigenvalue weighted by Crippen LogP contribution is -2.40. The molecule has 1 N–H and O–H groups in total. The smallest absolute Gasteiger partial charge is 0.317 e. The number of nitrogens with zero attached hydrogens (tertiary/aromatic N) is 2. The van der Waals surface area contributed by atoms with Gasteiger partial charge in [0.15, 0.2) is 0 Å². The first kappa shape index (κ1) is 17.1. The van der Waals surface area contributed by atoms with Crippen molar-refractivity contribution in [3.63, 3.8) is 0 Å². The molecule has 0 aliphatic carbocycles. The molecule has 1 aromatic carbocycles. The predicted octanol–water partition coefficient (Wildman–Crippen LogP) is 2.50.